The molecular formula is C17H17N3O4S. The predicted molar refractivity (Wildman–Crippen MR) is 94.1 cm³/mol. The van der Waals surface area contributed by atoms with Gasteiger partial charge in [0, 0.05) is 11.3 Å². The Balaban J connectivity index is 2.28. The molecule has 0 saturated carbocycles. The van der Waals surface area contributed by atoms with Gasteiger partial charge in [0.15, 0.2) is 0 Å². The molecule has 0 saturated heterocycles. The Labute approximate surface area is 148 Å². The number of esters is 2. The number of anilines is 2. The lowest BCUT2D eigenvalue weighted by Crippen LogP contribution is -2.12. The number of nitrogen functional groups attached to an aromatic ring is 2. The number of nitriles is 1. The van der Waals surface area contributed by atoms with Crippen LogP contribution in [0.2, 0.25) is 0 Å². The number of carbonyl (C=O) groups is 2. The van der Waals surface area contributed by atoms with Crippen molar-refractivity contribution >= 4 is 34.0 Å². The van der Waals surface area contributed by atoms with Crippen LogP contribution in [0.1, 0.15) is 43.6 Å². The lowest BCUT2D eigenvalue weighted by molar-refractivity contribution is 0.0453. The normalized spacial score (nSPS) is 10.1. The number of aryl methyl sites for hydroxylation is 1. The van der Waals surface area contributed by atoms with Crippen molar-refractivity contribution in [3.8, 4) is 6.07 Å². The highest BCUT2D eigenvalue weighted by Crippen LogP contribution is 2.32. The minimum atomic E-state index is -0.648. The van der Waals surface area contributed by atoms with E-state index >= 15 is 0 Å². The fourth-order valence-electron chi connectivity index (χ4n) is 2.18. The van der Waals surface area contributed by atoms with Crippen molar-refractivity contribution in [3.63, 3.8) is 0 Å². The molecule has 0 radical (unpaired) electrons. The number of nitrogens with two attached hydrogens (primary N) is 2. The number of ether oxygens (including phenoxy) is 2. The molecule has 0 amide bonds. The molecule has 0 spiro atoms. The number of hydrogen-bond acceptors (Lipinski definition) is 8. The molecule has 0 bridgehead atoms. The molecule has 0 aliphatic rings. The average molecular weight is 359 g/mol. The first kappa shape index (κ1) is 18.3. The number of thiophene rings is 1. The molecule has 0 aliphatic carbocycles. The van der Waals surface area contributed by atoms with Crippen molar-refractivity contribution in [1.29, 1.82) is 5.26 Å². The van der Waals surface area contributed by atoms with E-state index in [1.165, 1.54) is 0 Å². The number of carbonyl (C=O) groups excluding carboxylic acids is 2. The van der Waals surface area contributed by atoms with Gasteiger partial charge >= 0.3 is 11.9 Å². The smallest absolute Gasteiger partial charge is 0.348 e. The second-order valence-electron chi connectivity index (χ2n) is 5.09. The molecule has 2 aromatic rings. The van der Waals surface area contributed by atoms with E-state index in [4.69, 9.17) is 20.9 Å². The van der Waals surface area contributed by atoms with Gasteiger partial charge in [0.2, 0.25) is 0 Å². The van der Waals surface area contributed by atoms with Crippen LogP contribution in [0.4, 0.5) is 10.7 Å². The van der Waals surface area contributed by atoms with E-state index in [1.54, 1.807) is 32.0 Å². The SMILES string of the molecule is CCOC(=O)c1sc(N)c(C#N)c1COC(=O)c1cccc(C)c1N. The molecule has 1 heterocycles. The summed E-state index contributed by atoms with van der Waals surface area (Å²) < 4.78 is 10.2. The summed E-state index contributed by atoms with van der Waals surface area (Å²) in [6.07, 6.45) is 0. The van der Waals surface area contributed by atoms with Crippen molar-refractivity contribution in [1.82, 2.24) is 0 Å². The van der Waals surface area contributed by atoms with E-state index in [2.05, 4.69) is 0 Å². The molecule has 4 N–H and O–H groups in total. The van der Waals surface area contributed by atoms with Crippen LogP contribution in [0.5, 0.6) is 0 Å². The van der Waals surface area contributed by atoms with Crippen LogP contribution in [-0.4, -0.2) is 18.5 Å². The second kappa shape index (κ2) is 7.68. The van der Waals surface area contributed by atoms with E-state index in [9.17, 15) is 14.9 Å². The van der Waals surface area contributed by atoms with E-state index in [-0.39, 0.29) is 39.8 Å². The number of benzene rings is 1. The highest BCUT2D eigenvalue weighted by atomic mass is 32.1. The lowest BCUT2D eigenvalue weighted by Gasteiger charge is -2.09. The number of para-hydroxylation sites is 1. The molecule has 1 aromatic heterocycles. The van der Waals surface area contributed by atoms with Crippen LogP contribution in [0, 0.1) is 18.3 Å². The van der Waals surface area contributed by atoms with Gasteiger partial charge in [-0.2, -0.15) is 5.26 Å². The van der Waals surface area contributed by atoms with Crippen molar-refractivity contribution in [3.05, 3.63) is 45.3 Å². The average Bonchev–Trinajstić information content (AvgIpc) is 2.91. The minimum absolute atomic E-state index is 0.109. The van der Waals surface area contributed by atoms with Gasteiger partial charge < -0.3 is 20.9 Å². The number of hydrogen-bond donors (Lipinski definition) is 2. The van der Waals surface area contributed by atoms with Crippen LogP contribution >= 0.6 is 11.3 Å². The second-order valence-corrected chi connectivity index (χ2v) is 6.15. The van der Waals surface area contributed by atoms with Crippen LogP contribution in [0.25, 0.3) is 0 Å². The zero-order valence-electron chi connectivity index (χ0n) is 13.8. The summed E-state index contributed by atoms with van der Waals surface area (Å²) in [6.45, 7) is 3.34. The fourth-order valence-corrected chi connectivity index (χ4v) is 3.10. The topological polar surface area (TPSA) is 128 Å². The van der Waals surface area contributed by atoms with Crippen LogP contribution in [0.3, 0.4) is 0 Å². The molecule has 0 unspecified atom stereocenters. The van der Waals surface area contributed by atoms with Crippen LogP contribution in [-0.2, 0) is 16.1 Å². The lowest BCUT2D eigenvalue weighted by atomic mass is 10.1. The monoisotopic (exact) mass is 359 g/mol. The molecule has 8 heteroatoms. The van der Waals surface area contributed by atoms with E-state index in [0.29, 0.717) is 5.69 Å². The molecule has 0 atom stereocenters. The van der Waals surface area contributed by atoms with E-state index in [0.717, 1.165) is 16.9 Å². The van der Waals surface area contributed by atoms with Crippen molar-refractivity contribution in [2.45, 2.75) is 20.5 Å². The first-order valence-corrected chi connectivity index (χ1v) is 8.22. The van der Waals surface area contributed by atoms with Gasteiger partial charge in [-0.05, 0) is 25.5 Å². The third-order valence-corrected chi connectivity index (χ3v) is 4.54. The zero-order valence-corrected chi connectivity index (χ0v) is 14.6. The molecule has 130 valence electrons. The summed E-state index contributed by atoms with van der Waals surface area (Å²) in [5.74, 6) is -1.26. The molecule has 25 heavy (non-hydrogen) atoms. The highest BCUT2D eigenvalue weighted by Gasteiger charge is 2.24. The summed E-state index contributed by atoms with van der Waals surface area (Å²) in [5, 5.41) is 9.42. The molecule has 0 fully saturated rings. The Morgan fingerprint density at radius 2 is 1.96 bits per heavy atom. The largest absolute Gasteiger partial charge is 0.462 e. The van der Waals surface area contributed by atoms with E-state index in [1.807, 2.05) is 6.07 Å². The summed E-state index contributed by atoms with van der Waals surface area (Å²) in [7, 11) is 0. The molecule has 7 nitrogen and oxygen atoms in total. The fraction of sp³-hybridized carbons (Fsp3) is 0.235. The Bertz CT molecular complexity index is 868. The summed E-state index contributed by atoms with van der Waals surface area (Å²) in [6, 6.07) is 6.94. The summed E-state index contributed by atoms with van der Waals surface area (Å²) in [4.78, 5) is 24.5. The third-order valence-electron chi connectivity index (χ3n) is 3.50. The van der Waals surface area contributed by atoms with Crippen LogP contribution in [0.15, 0.2) is 18.2 Å². The van der Waals surface area contributed by atoms with E-state index < -0.39 is 11.9 Å². The van der Waals surface area contributed by atoms with Gasteiger partial charge in [-0.3, -0.25) is 0 Å². The maximum atomic E-state index is 12.3. The Morgan fingerprint density at radius 3 is 2.60 bits per heavy atom. The standard InChI is InChI=1S/C17H17N3O4S/c1-3-23-17(22)14-12(11(7-18)15(20)25-14)8-24-16(21)10-6-4-5-9(2)13(10)19/h4-6H,3,8,19-20H2,1-2H3. The molecule has 0 aliphatic heterocycles. The molecule has 1 aromatic carbocycles. The van der Waals surface area contributed by atoms with Gasteiger partial charge in [0.05, 0.1) is 17.7 Å². The Morgan fingerprint density at radius 1 is 1.24 bits per heavy atom. The van der Waals surface area contributed by atoms with Gasteiger partial charge in [-0.1, -0.05) is 12.1 Å². The highest BCUT2D eigenvalue weighted by molar-refractivity contribution is 7.18. The minimum Gasteiger partial charge on any atom is -0.462 e. The third kappa shape index (κ3) is 3.72. The maximum absolute atomic E-state index is 12.3. The maximum Gasteiger partial charge on any atom is 0.348 e. The Hall–Kier alpha value is -3.05. The van der Waals surface area contributed by atoms with Crippen molar-refractivity contribution in [2.75, 3.05) is 18.1 Å². The summed E-state index contributed by atoms with van der Waals surface area (Å²) >= 11 is 0.931. The van der Waals surface area contributed by atoms with Crippen LogP contribution < -0.4 is 11.5 Å². The first-order valence-electron chi connectivity index (χ1n) is 7.41. The summed E-state index contributed by atoms with van der Waals surface area (Å²) in [5.41, 5.74) is 13.3. The quantitative estimate of drug-likeness (QED) is 0.620. The predicted octanol–water partition coefficient (Wildman–Crippen LogP) is 2.63. The number of rotatable bonds is 5. The van der Waals surface area contributed by atoms with Gasteiger partial charge in [0.1, 0.15) is 22.6 Å². The van der Waals surface area contributed by atoms with Gasteiger partial charge in [-0.15, -0.1) is 11.3 Å². The first-order chi connectivity index (χ1) is 11.9. The molecular weight excluding hydrogens is 342 g/mol. The van der Waals surface area contributed by atoms with Gasteiger partial charge in [0.25, 0.3) is 0 Å². The van der Waals surface area contributed by atoms with Crippen molar-refractivity contribution in [2.24, 2.45) is 0 Å². The molecule has 2 rings (SSSR count). The van der Waals surface area contributed by atoms with Gasteiger partial charge in [-0.25, -0.2) is 9.59 Å². The van der Waals surface area contributed by atoms with Crippen molar-refractivity contribution < 1.29 is 19.1 Å². The Kier molecular flexibility index (Phi) is 5.62. The number of nitrogens with zero attached hydrogens (tertiary/aromatic N) is 1. The zero-order chi connectivity index (χ0) is 18.6.